The highest BCUT2D eigenvalue weighted by molar-refractivity contribution is 5.77. The van der Waals surface area contributed by atoms with Crippen LogP contribution in [0.3, 0.4) is 0 Å². The summed E-state index contributed by atoms with van der Waals surface area (Å²) < 4.78 is 24.1. The number of carbonyl (C=O) groups excluding carboxylic acids is 1. The number of nitrogens with zero attached hydrogens (tertiary/aromatic N) is 1. The maximum atomic E-state index is 13.7. The number of ether oxygens (including phenoxy) is 2. The Morgan fingerprint density at radius 1 is 1.50 bits per heavy atom. The smallest absolute Gasteiger partial charge is 0.260 e. The van der Waals surface area contributed by atoms with Gasteiger partial charge in [0.25, 0.3) is 5.91 Å². The third-order valence-corrected chi connectivity index (χ3v) is 3.15. The molecule has 2 rings (SSSR count). The van der Waals surface area contributed by atoms with E-state index in [2.05, 4.69) is 0 Å². The zero-order valence-electron chi connectivity index (χ0n) is 11.3. The van der Waals surface area contributed by atoms with E-state index >= 15 is 0 Å². The van der Waals surface area contributed by atoms with Crippen LogP contribution < -0.4 is 4.74 Å². The molecule has 1 atom stereocenters. The van der Waals surface area contributed by atoms with Crippen molar-refractivity contribution in [2.75, 3.05) is 32.9 Å². The fourth-order valence-corrected chi connectivity index (χ4v) is 1.94. The van der Waals surface area contributed by atoms with Crippen LogP contribution in [0.2, 0.25) is 0 Å². The van der Waals surface area contributed by atoms with Gasteiger partial charge in [-0.1, -0.05) is 6.07 Å². The third-order valence-electron chi connectivity index (χ3n) is 3.15. The normalized spacial score (nSPS) is 16.9. The summed E-state index contributed by atoms with van der Waals surface area (Å²) in [4.78, 5) is 13.5. The SMILES string of the molecule is C[C@@H](O)c1ccc(OCC(=O)N2CCOCC2)c(F)c1. The van der Waals surface area contributed by atoms with E-state index in [1.54, 1.807) is 17.9 Å². The number of rotatable bonds is 4. The summed E-state index contributed by atoms with van der Waals surface area (Å²) in [5.41, 5.74) is 0.467. The molecule has 1 aliphatic heterocycles. The van der Waals surface area contributed by atoms with E-state index in [1.165, 1.54) is 12.1 Å². The molecule has 0 bridgehead atoms. The molecule has 0 saturated carbocycles. The third kappa shape index (κ3) is 3.68. The Kier molecular flexibility index (Phi) is 4.92. The van der Waals surface area contributed by atoms with Crippen molar-refractivity contribution in [3.63, 3.8) is 0 Å². The summed E-state index contributed by atoms with van der Waals surface area (Å²) in [6, 6.07) is 4.20. The topological polar surface area (TPSA) is 59.0 Å². The lowest BCUT2D eigenvalue weighted by molar-refractivity contribution is -0.137. The number of carbonyl (C=O) groups is 1. The first-order valence-electron chi connectivity index (χ1n) is 6.54. The first-order valence-corrected chi connectivity index (χ1v) is 6.54. The van der Waals surface area contributed by atoms with Crippen molar-refractivity contribution < 1.29 is 23.8 Å². The summed E-state index contributed by atoms with van der Waals surface area (Å²) in [6.45, 7) is 3.45. The van der Waals surface area contributed by atoms with E-state index in [9.17, 15) is 14.3 Å². The lowest BCUT2D eigenvalue weighted by Gasteiger charge is -2.26. The van der Waals surface area contributed by atoms with Crippen LogP contribution in [0.15, 0.2) is 18.2 Å². The largest absolute Gasteiger partial charge is 0.481 e. The van der Waals surface area contributed by atoms with E-state index in [-0.39, 0.29) is 18.3 Å². The second kappa shape index (κ2) is 6.67. The van der Waals surface area contributed by atoms with Crippen LogP contribution in [-0.2, 0) is 9.53 Å². The van der Waals surface area contributed by atoms with Crippen molar-refractivity contribution in [2.24, 2.45) is 0 Å². The van der Waals surface area contributed by atoms with Crippen molar-refractivity contribution in [1.82, 2.24) is 4.90 Å². The highest BCUT2D eigenvalue weighted by Crippen LogP contribution is 2.22. The molecule has 6 heteroatoms. The van der Waals surface area contributed by atoms with Crippen LogP contribution >= 0.6 is 0 Å². The van der Waals surface area contributed by atoms with Crippen LogP contribution in [0.25, 0.3) is 0 Å². The van der Waals surface area contributed by atoms with Crippen LogP contribution in [0.4, 0.5) is 4.39 Å². The average molecular weight is 283 g/mol. The molecule has 1 aromatic carbocycles. The molecule has 1 amide bonds. The van der Waals surface area contributed by atoms with Crippen LogP contribution in [0.1, 0.15) is 18.6 Å². The number of morpholine rings is 1. The quantitative estimate of drug-likeness (QED) is 0.899. The fourth-order valence-electron chi connectivity index (χ4n) is 1.94. The number of hydrogen-bond acceptors (Lipinski definition) is 4. The number of aliphatic hydroxyl groups excluding tert-OH is 1. The van der Waals surface area contributed by atoms with Gasteiger partial charge in [0.2, 0.25) is 0 Å². The first-order chi connectivity index (χ1) is 9.58. The summed E-state index contributed by atoms with van der Waals surface area (Å²) in [5, 5.41) is 9.35. The lowest BCUT2D eigenvalue weighted by Crippen LogP contribution is -2.43. The van der Waals surface area contributed by atoms with Crippen LogP contribution in [0.5, 0.6) is 5.75 Å². The molecule has 1 fully saturated rings. The van der Waals surface area contributed by atoms with E-state index in [1.807, 2.05) is 0 Å². The average Bonchev–Trinajstić information content (AvgIpc) is 2.46. The van der Waals surface area contributed by atoms with E-state index in [4.69, 9.17) is 9.47 Å². The molecular formula is C14H18FNO4. The van der Waals surface area contributed by atoms with Crippen molar-refractivity contribution >= 4 is 5.91 Å². The van der Waals surface area contributed by atoms with Gasteiger partial charge in [-0.2, -0.15) is 0 Å². The molecule has 0 spiro atoms. The zero-order chi connectivity index (χ0) is 14.5. The number of halogens is 1. The minimum absolute atomic E-state index is 0.0102. The van der Waals surface area contributed by atoms with Crippen molar-refractivity contribution in [3.05, 3.63) is 29.6 Å². The van der Waals surface area contributed by atoms with Crippen LogP contribution in [0, 0.1) is 5.82 Å². The molecule has 5 nitrogen and oxygen atoms in total. The highest BCUT2D eigenvalue weighted by Gasteiger charge is 2.18. The van der Waals surface area contributed by atoms with Crippen molar-refractivity contribution in [2.45, 2.75) is 13.0 Å². The molecule has 1 aliphatic rings. The predicted molar refractivity (Wildman–Crippen MR) is 69.9 cm³/mol. The molecule has 0 aromatic heterocycles. The monoisotopic (exact) mass is 283 g/mol. The van der Waals surface area contributed by atoms with E-state index < -0.39 is 11.9 Å². The number of hydrogen-bond donors (Lipinski definition) is 1. The van der Waals surface area contributed by atoms with Gasteiger partial charge in [-0.3, -0.25) is 4.79 Å². The van der Waals surface area contributed by atoms with Gasteiger partial charge in [0.05, 0.1) is 19.3 Å². The van der Waals surface area contributed by atoms with Gasteiger partial charge in [-0.15, -0.1) is 0 Å². The highest BCUT2D eigenvalue weighted by atomic mass is 19.1. The van der Waals surface area contributed by atoms with Gasteiger partial charge in [0, 0.05) is 13.1 Å². The Morgan fingerprint density at radius 2 is 2.20 bits per heavy atom. The van der Waals surface area contributed by atoms with Crippen molar-refractivity contribution in [1.29, 1.82) is 0 Å². The maximum absolute atomic E-state index is 13.7. The first kappa shape index (κ1) is 14.7. The summed E-state index contributed by atoms with van der Waals surface area (Å²) in [5.74, 6) is -0.763. The molecule has 0 aliphatic carbocycles. The molecule has 1 N–H and O–H groups in total. The molecule has 1 heterocycles. The Hall–Kier alpha value is -1.66. The Bertz CT molecular complexity index is 472. The van der Waals surface area contributed by atoms with E-state index in [0.29, 0.717) is 31.9 Å². The molecule has 110 valence electrons. The molecule has 20 heavy (non-hydrogen) atoms. The minimum atomic E-state index is -0.742. The van der Waals surface area contributed by atoms with Gasteiger partial charge in [-0.25, -0.2) is 4.39 Å². The van der Waals surface area contributed by atoms with E-state index in [0.717, 1.165) is 0 Å². The molecular weight excluding hydrogens is 265 g/mol. The maximum Gasteiger partial charge on any atom is 0.260 e. The van der Waals surface area contributed by atoms with Gasteiger partial charge in [0.1, 0.15) is 0 Å². The summed E-state index contributed by atoms with van der Waals surface area (Å²) >= 11 is 0. The molecule has 1 saturated heterocycles. The zero-order valence-corrected chi connectivity index (χ0v) is 11.3. The fraction of sp³-hybridized carbons (Fsp3) is 0.500. The Morgan fingerprint density at radius 3 is 2.80 bits per heavy atom. The predicted octanol–water partition coefficient (Wildman–Crippen LogP) is 1.12. The minimum Gasteiger partial charge on any atom is -0.481 e. The number of aliphatic hydroxyl groups is 1. The molecule has 1 aromatic rings. The second-order valence-corrected chi connectivity index (χ2v) is 4.65. The summed E-state index contributed by atoms with van der Waals surface area (Å²) in [6.07, 6.45) is -0.742. The standard InChI is InChI=1S/C14H18FNO4/c1-10(17)11-2-3-13(12(15)8-11)20-9-14(18)16-4-6-19-7-5-16/h2-3,8,10,17H,4-7,9H2,1H3/t10-/m1/s1. The second-order valence-electron chi connectivity index (χ2n) is 4.65. The molecule has 0 unspecified atom stereocenters. The number of amides is 1. The number of benzene rings is 1. The molecule has 0 radical (unpaired) electrons. The van der Waals surface area contributed by atoms with Gasteiger partial charge in [-0.05, 0) is 24.6 Å². The summed E-state index contributed by atoms with van der Waals surface area (Å²) in [7, 11) is 0. The van der Waals surface area contributed by atoms with Crippen LogP contribution in [-0.4, -0.2) is 48.8 Å². The Balaban J connectivity index is 1.91. The lowest BCUT2D eigenvalue weighted by atomic mass is 10.1. The Labute approximate surface area is 116 Å². The van der Waals surface area contributed by atoms with Gasteiger partial charge in [0.15, 0.2) is 18.2 Å². The van der Waals surface area contributed by atoms with Gasteiger partial charge < -0.3 is 19.5 Å². The van der Waals surface area contributed by atoms with Gasteiger partial charge >= 0.3 is 0 Å². The van der Waals surface area contributed by atoms with Crippen molar-refractivity contribution in [3.8, 4) is 5.75 Å².